The number of fused-ring (bicyclic) bond motifs is 8. The summed E-state index contributed by atoms with van der Waals surface area (Å²) in [4.78, 5) is 9.80. The SMILES string of the molecule is CC(C)(C)c1ccnc(-n2c3ccccc3c3c4c(sc5ccccc54)c(Oc4cccc(N5CN(C(C)(C)C)c6ccccc65)c4)cc32)c1. The molecule has 248 valence electrons. The third kappa shape index (κ3) is 4.84. The van der Waals surface area contributed by atoms with E-state index in [4.69, 9.17) is 9.72 Å². The molecule has 6 heteroatoms. The van der Waals surface area contributed by atoms with E-state index in [1.165, 1.54) is 43.2 Å². The van der Waals surface area contributed by atoms with Crippen LogP contribution < -0.4 is 14.5 Å². The minimum Gasteiger partial charge on any atom is -0.456 e. The highest BCUT2D eigenvalue weighted by Crippen LogP contribution is 2.49. The highest BCUT2D eigenvalue weighted by atomic mass is 32.1. The first-order chi connectivity index (χ1) is 24.1. The van der Waals surface area contributed by atoms with Gasteiger partial charge in [0.25, 0.3) is 0 Å². The fourth-order valence-electron chi connectivity index (χ4n) is 7.50. The maximum Gasteiger partial charge on any atom is 0.147 e. The Morgan fingerprint density at radius 1 is 0.680 bits per heavy atom. The lowest BCUT2D eigenvalue weighted by atomic mass is 9.88. The van der Waals surface area contributed by atoms with Gasteiger partial charge >= 0.3 is 0 Å². The van der Waals surface area contributed by atoms with Gasteiger partial charge < -0.3 is 14.5 Å². The van der Waals surface area contributed by atoms with E-state index >= 15 is 0 Å². The zero-order valence-electron chi connectivity index (χ0n) is 29.4. The van der Waals surface area contributed by atoms with E-state index in [1.807, 2.05) is 6.20 Å². The van der Waals surface area contributed by atoms with Crippen molar-refractivity contribution in [2.24, 2.45) is 0 Å². The molecule has 0 N–H and O–H groups in total. The van der Waals surface area contributed by atoms with Crippen LogP contribution in [0.3, 0.4) is 0 Å². The second-order valence-electron chi connectivity index (χ2n) is 15.3. The van der Waals surface area contributed by atoms with Gasteiger partial charge in [-0.1, -0.05) is 75.4 Å². The molecule has 0 saturated heterocycles. The molecule has 3 aromatic heterocycles. The molecule has 0 aliphatic carbocycles. The van der Waals surface area contributed by atoms with E-state index in [9.17, 15) is 0 Å². The largest absolute Gasteiger partial charge is 0.456 e. The summed E-state index contributed by atoms with van der Waals surface area (Å²) in [6, 6.07) is 41.2. The summed E-state index contributed by atoms with van der Waals surface area (Å²) in [5, 5.41) is 4.91. The Labute approximate surface area is 297 Å². The van der Waals surface area contributed by atoms with Crippen LogP contribution in [0.25, 0.3) is 47.8 Å². The molecule has 0 fully saturated rings. The van der Waals surface area contributed by atoms with Crippen molar-refractivity contribution < 1.29 is 4.74 Å². The summed E-state index contributed by atoms with van der Waals surface area (Å²) >= 11 is 1.80. The minimum absolute atomic E-state index is 0.00761. The third-order valence-corrected chi connectivity index (χ3v) is 11.2. The van der Waals surface area contributed by atoms with Crippen molar-refractivity contribution in [1.82, 2.24) is 9.55 Å². The molecule has 0 atom stereocenters. The number of thiophene rings is 1. The Morgan fingerprint density at radius 3 is 2.22 bits per heavy atom. The fourth-order valence-corrected chi connectivity index (χ4v) is 8.66. The topological polar surface area (TPSA) is 33.5 Å². The highest BCUT2D eigenvalue weighted by molar-refractivity contribution is 7.26. The third-order valence-electron chi connectivity index (χ3n) is 10.0. The van der Waals surface area contributed by atoms with Crippen molar-refractivity contribution in [3.8, 4) is 17.3 Å². The van der Waals surface area contributed by atoms with Gasteiger partial charge in [0.2, 0.25) is 0 Å². The van der Waals surface area contributed by atoms with E-state index < -0.39 is 0 Å². The van der Waals surface area contributed by atoms with Gasteiger partial charge in [-0.2, -0.15) is 0 Å². The molecule has 9 rings (SSSR count). The Hall–Kier alpha value is -5.33. The predicted octanol–water partition coefficient (Wildman–Crippen LogP) is 12.4. The van der Waals surface area contributed by atoms with Crippen molar-refractivity contribution in [3.63, 3.8) is 0 Å². The van der Waals surface area contributed by atoms with Gasteiger partial charge in [0.1, 0.15) is 17.3 Å². The van der Waals surface area contributed by atoms with E-state index in [1.54, 1.807) is 11.3 Å². The molecule has 4 heterocycles. The first-order valence-corrected chi connectivity index (χ1v) is 18.1. The first-order valence-electron chi connectivity index (χ1n) is 17.3. The molecular weight excluding hydrogens is 633 g/mol. The summed E-state index contributed by atoms with van der Waals surface area (Å²) in [6.45, 7) is 14.3. The number of hydrogen-bond donors (Lipinski definition) is 0. The summed E-state index contributed by atoms with van der Waals surface area (Å²) in [6.07, 6.45) is 1.94. The second kappa shape index (κ2) is 11.1. The van der Waals surface area contributed by atoms with E-state index in [-0.39, 0.29) is 11.0 Å². The second-order valence-corrected chi connectivity index (χ2v) is 16.4. The number of benzene rings is 5. The van der Waals surface area contributed by atoms with E-state index in [2.05, 4.69) is 171 Å². The predicted molar refractivity (Wildman–Crippen MR) is 212 cm³/mol. The van der Waals surface area contributed by atoms with Gasteiger partial charge in [-0.3, -0.25) is 4.57 Å². The standard InChI is InChI=1S/C44H40N4OS/c1-43(2,3)28-22-23-45-39(24-28)48-33-18-9-7-16-31(33)40-36(48)26-37(42-41(40)32-17-8-12-21-38(32)50-42)49-30-15-13-14-29(25-30)46-27-47(44(4,5)6)35-20-11-10-19-34(35)46/h7-26H,27H2,1-6H3. The lowest BCUT2D eigenvalue weighted by Crippen LogP contribution is -2.42. The van der Waals surface area contributed by atoms with Crippen molar-refractivity contribution in [3.05, 3.63) is 127 Å². The number of pyridine rings is 1. The zero-order valence-corrected chi connectivity index (χ0v) is 30.2. The Balaban J connectivity index is 1.25. The van der Waals surface area contributed by atoms with Crippen LogP contribution >= 0.6 is 11.3 Å². The van der Waals surface area contributed by atoms with Gasteiger partial charge in [-0.15, -0.1) is 11.3 Å². The number of para-hydroxylation sites is 3. The molecule has 1 aliphatic heterocycles. The van der Waals surface area contributed by atoms with Crippen LogP contribution in [0.5, 0.6) is 11.5 Å². The van der Waals surface area contributed by atoms with Crippen LogP contribution in [0.4, 0.5) is 17.1 Å². The molecule has 0 radical (unpaired) electrons. The number of anilines is 3. The Bertz CT molecular complexity index is 2600. The van der Waals surface area contributed by atoms with E-state index in [0.29, 0.717) is 0 Å². The zero-order chi connectivity index (χ0) is 34.4. The molecule has 1 aliphatic rings. The highest BCUT2D eigenvalue weighted by Gasteiger charge is 2.33. The summed E-state index contributed by atoms with van der Waals surface area (Å²) in [7, 11) is 0. The van der Waals surface area contributed by atoms with Crippen LogP contribution in [-0.2, 0) is 5.41 Å². The Kier molecular flexibility index (Phi) is 6.81. The molecule has 8 aromatic rings. The Morgan fingerprint density at radius 2 is 1.42 bits per heavy atom. The summed E-state index contributed by atoms with van der Waals surface area (Å²) < 4.78 is 11.7. The number of aromatic nitrogens is 2. The normalized spacial score (nSPS) is 13.6. The van der Waals surface area contributed by atoms with Crippen molar-refractivity contribution >= 4 is 70.4 Å². The molecule has 0 unspecified atom stereocenters. The van der Waals surface area contributed by atoms with Crippen molar-refractivity contribution in [1.29, 1.82) is 0 Å². The van der Waals surface area contributed by atoms with Crippen LogP contribution in [0, 0.1) is 0 Å². The quantitative estimate of drug-likeness (QED) is 0.186. The van der Waals surface area contributed by atoms with Gasteiger partial charge in [-0.25, -0.2) is 4.98 Å². The van der Waals surface area contributed by atoms with Gasteiger partial charge in [0.05, 0.1) is 33.8 Å². The molecule has 5 aromatic carbocycles. The number of nitrogens with zero attached hydrogens (tertiary/aromatic N) is 4. The maximum absolute atomic E-state index is 7.01. The minimum atomic E-state index is -0.0130. The number of rotatable bonds is 4. The number of ether oxygens (including phenoxy) is 1. The fraction of sp³-hybridized carbons (Fsp3) is 0.205. The molecule has 0 spiro atoms. The van der Waals surface area contributed by atoms with Gasteiger partial charge in [0, 0.05) is 55.8 Å². The maximum atomic E-state index is 7.01. The average Bonchev–Trinajstić information content (AvgIpc) is 3.78. The van der Waals surface area contributed by atoms with Crippen LogP contribution in [0.1, 0.15) is 47.1 Å². The summed E-state index contributed by atoms with van der Waals surface area (Å²) in [5.74, 6) is 2.56. The van der Waals surface area contributed by atoms with Crippen molar-refractivity contribution in [2.75, 3.05) is 16.5 Å². The van der Waals surface area contributed by atoms with E-state index in [0.717, 1.165) is 45.4 Å². The van der Waals surface area contributed by atoms with Crippen LogP contribution in [-0.4, -0.2) is 21.8 Å². The van der Waals surface area contributed by atoms with Gasteiger partial charge in [-0.05, 0) is 80.3 Å². The summed E-state index contributed by atoms with van der Waals surface area (Å²) in [5.41, 5.74) is 7.01. The van der Waals surface area contributed by atoms with Crippen LogP contribution in [0.2, 0.25) is 0 Å². The molecular formula is C44H40N4OS. The van der Waals surface area contributed by atoms with Crippen molar-refractivity contribution in [2.45, 2.75) is 52.5 Å². The lowest BCUT2D eigenvalue weighted by Gasteiger charge is -2.34. The molecule has 0 amide bonds. The molecule has 0 saturated carbocycles. The van der Waals surface area contributed by atoms with Gasteiger partial charge in [0.15, 0.2) is 0 Å². The molecule has 50 heavy (non-hydrogen) atoms. The van der Waals surface area contributed by atoms with Crippen LogP contribution in [0.15, 0.2) is 121 Å². The lowest BCUT2D eigenvalue weighted by molar-refractivity contribution is 0.489. The first kappa shape index (κ1) is 30.7. The molecule has 0 bridgehead atoms. The number of hydrogen-bond acceptors (Lipinski definition) is 5. The monoisotopic (exact) mass is 672 g/mol. The smallest absolute Gasteiger partial charge is 0.147 e. The molecule has 5 nitrogen and oxygen atoms in total. The average molecular weight is 673 g/mol.